The molecule has 0 aliphatic carbocycles. The highest BCUT2D eigenvalue weighted by molar-refractivity contribution is 7.17. The van der Waals surface area contributed by atoms with Crippen molar-refractivity contribution >= 4 is 34.2 Å². The van der Waals surface area contributed by atoms with Crippen LogP contribution in [0.15, 0.2) is 24.5 Å². The molecule has 3 aromatic heterocycles. The molecule has 3 heterocycles. The van der Waals surface area contributed by atoms with Gasteiger partial charge in [-0.1, -0.05) is 20.8 Å². The molecule has 0 aliphatic heterocycles. The van der Waals surface area contributed by atoms with Crippen molar-refractivity contribution in [3.05, 3.63) is 35.0 Å². The Morgan fingerprint density at radius 2 is 2.07 bits per heavy atom. The second-order valence-electron chi connectivity index (χ2n) is 7.74. The van der Waals surface area contributed by atoms with Crippen LogP contribution < -0.4 is 5.32 Å². The fraction of sp³-hybridized carbons (Fsp3) is 0.400. The van der Waals surface area contributed by atoms with Gasteiger partial charge in [-0.25, -0.2) is 9.97 Å². The van der Waals surface area contributed by atoms with Gasteiger partial charge in [0.15, 0.2) is 11.4 Å². The van der Waals surface area contributed by atoms with E-state index in [0.29, 0.717) is 27.3 Å². The number of ether oxygens (including phenoxy) is 1. The van der Waals surface area contributed by atoms with Crippen molar-refractivity contribution in [2.45, 2.75) is 33.7 Å². The molecule has 0 unspecified atom stereocenters. The van der Waals surface area contributed by atoms with Gasteiger partial charge in [0, 0.05) is 19.3 Å². The molecular formula is C20H24N4O3S. The Hall–Kier alpha value is -2.58. The number of amides is 1. The summed E-state index contributed by atoms with van der Waals surface area (Å²) >= 11 is 1.33. The molecule has 8 heteroatoms. The summed E-state index contributed by atoms with van der Waals surface area (Å²) in [5.74, 6) is -0.270. The SMILES string of the molecule is COCC(=O)c1ccc(-c2cnc3[nH]cc(C(=O)N[C@@H](C)C(C)(C)C)c3n2)s1. The molecule has 0 saturated carbocycles. The number of nitrogens with one attached hydrogen (secondary N) is 2. The molecule has 2 N–H and O–H groups in total. The van der Waals surface area contributed by atoms with E-state index in [9.17, 15) is 9.59 Å². The van der Waals surface area contributed by atoms with Crippen molar-refractivity contribution in [3.8, 4) is 10.6 Å². The van der Waals surface area contributed by atoms with Gasteiger partial charge in [0.1, 0.15) is 12.1 Å². The minimum atomic E-state index is -0.192. The number of methoxy groups -OCH3 is 1. The van der Waals surface area contributed by atoms with Gasteiger partial charge in [0.05, 0.1) is 27.2 Å². The summed E-state index contributed by atoms with van der Waals surface area (Å²) in [6, 6.07) is 3.58. The molecule has 0 radical (unpaired) electrons. The van der Waals surface area contributed by atoms with E-state index in [4.69, 9.17) is 4.74 Å². The summed E-state index contributed by atoms with van der Waals surface area (Å²) in [5.41, 5.74) is 2.07. The number of carbonyl (C=O) groups excluding carboxylic acids is 2. The van der Waals surface area contributed by atoms with E-state index in [1.54, 1.807) is 18.5 Å². The molecule has 0 saturated heterocycles. The number of H-pyrrole nitrogens is 1. The number of thiophene rings is 1. The van der Waals surface area contributed by atoms with Crippen molar-refractivity contribution in [1.29, 1.82) is 0 Å². The summed E-state index contributed by atoms with van der Waals surface area (Å²) in [5, 5.41) is 3.02. The Bertz CT molecular complexity index is 1020. The number of Topliss-reactive ketones (excluding diaryl/α,β-unsaturated/α-hetero) is 1. The first-order chi connectivity index (χ1) is 13.2. The second kappa shape index (κ2) is 7.81. The lowest BCUT2D eigenvalue weighted by Crippen LogP contribution is -2.41. The minimum Gasteiger partial charge on any atom is -0.376 e. The van der Waals surface area contributed by atoms with Crippen molar-refractivity contribution in [2.75, 3.05) is 13.7 Å². The van der Waals surface area contributed by atoms with Crippen LogP contribution in [0, 0.1) is 5.41 Å². The van der Waals surface area contributed by atoms with Crippen LogP contribution in [-0.4, -0.2) is 46.4 Å². The number of ketones is 1. The standard InChI is InChI=1S/C20H24N4O3S/c1-11(20(2,3)4)23-19(26)12-8-21-18-17(12)24-13(9-22-18)15-6-7-16(28-15)14(25)10-27-5/h6-9,11H,10H2,1-5H3,(H,21,22)(H,23,26)/t11-/m0/s1. The van der Waals surface area contributed by atoms with E-state index < -0.39 is 0 Å². The zero-order valence-electron chi connectivity index (χ0n) is 16.6. The van der Waals surface area contributed by atoms with Crippen LogP contribution in [0.3, 0.4) is 0 Å². The predicted molar refractivity (Wildman–Crippen MR) is 110 cm³/mol. The van der Waals surface area contributed by atoms with E-state index in [-0.39, 0.29) is 29.8 Å². The van der Waals surface area contributed by atoms with E-state index in [1.807, 2.05) is 13.0 Å². The van der Waals surface area contributed by atoms with E-state index >= 15 is 0 Å². The molecule has 3 aromatic rings. The zero-order chi connectivity index (χ0) is 20.5. The van der Waals surface area contributed by atoms with Gasteiger partial charge in [-0.15, -0.1) is 11.3 Å². The Morgan fingerprint density at radius 3 is 2.75 bits per heavy atom. The number of hydrogen-bond acceptors (Lipinski definition) is 6. The lowest BCUT2D eigenvalue weighted by molar-refractivity contribution is 0.0851. The maximum Gasteiger partial charge on any atom is 0.255 e. The second-order valence-corrected chi connectivity index (χ2v) is 8.82. The van der Waals surface area contributed by atoms with E-state index in [1.165, 1.54) is 18.4 Å². The Balaban J connectivity index is 1.91. The first-order valence-electron chi connectivity index (χ1n) is 8.98. The van der Waals surface area contributed by atoms with Crippen LogP contribution >= 0.6 is 11.3 Å². The van der Waals surface area contributed by atoms with Crippen molar-refractivity contribution in [3.63, 3.8) is 0 Å². The smallest absolute Gasteiger partial charge is 0.255 e. The fourth-order valence-electron chi connectivity index (χ4n) is 2.50. The molecule has 0 aromatic carbocycles. The Morgan fingerprint density at radius 1 is 1.32 bits per heavy atom. The molecule has 1 amide bonds. The number of aromatic nitrogens is 3. The van der Waals surface area contributed by atoms with Crippen LogP contribution in [0.25, 0.3) is 21.7 Å². The largest absolute Gasteiger partial charge is 0.376 e. The predicted octanol–water partition coefficient (Wildman–Crippen LogP) is 3.68. The maximum absolute atomic E-state index is 12.7. The van der Waals surface area contributed by atoms with E-state index in [0.717, 1.165) is 4.88 Å². The number of aromatic amines is 1. The molecule has 0 spiro atoms. The molecule has 148 valence electrons. The molecule has 0 aliphatic rings. The third kappa shape index (κ3) is 4.13. The first-order valence-corrected chi connectivity index (χ1v) is 9.79. The number of carbonyl (C=O) groups is 2. The third-order valence-electron chi connectivity index (χ3n) is 4.68. The third-order valence-corrected chi connectivity index (χ3v) is 5.83. The number of nitrogens with zero attached hydrogens (tertiary/aromatic N) is 2. The Kier molecular flexibility index (Phi) is 5.62. The van der Waals surface area contributed by atoms with Crippen molar-refractivity contribution < 1.29 is 14.3 Å². The topological polar surface area (TPSA) is 97.0 Å². The molecule has 28 heavy (non-hydrogen) atoms. The van der Waals surface area contributed by atoms with Gasteiger partial charge >= 0.3 is 0 Å². The van der Waals surface area contributed by atoms with Gasteiger partial charge in [-0.3, -0.25) is 9.59 Å². The number of hydrogen-bond donors (Lipinski definition) is 2. The monoisotopic (exact) mass is 400 g/mol. The molecule has 1 atom stereocenters. The molecule has 0 bridgehead atoms. The number of fused-ring (bicyclic) bond motifs is 1. The fourth-order valence-corrected chi connectivity index (χ4v) is 3.39. The molecule has 3 rings (SSSR count). The van der Waals surface area contributed by atoms with Gasteiger partial charge in [0.25, 0.3) is 5.91 Å². The summed E-state index contributed by atoms with van der Waals surface area (Å²) in [6.07, 6.45) is 3.26. The van der Waals surface area contributed by atoms with Crippen LogP contribution in [0.5, 0.6) is 0 Å². The first kappa shape index (κ1) is 20.2. The Labute approximate surface area is 167 Å². The van der Waals surface area contributed by atoms with Gasteiger partial charge in [-0.2, -0.15) is 0 Å². The molecule has 0 fully saturated rings. The quantitative estimate of drug-likeness (QED) is 0.615. The lowest BCUT2D eigenvalue weighted by Gasteiger charge is -2.27. The summed E-state index contributed by atoms with van der Waals surface area (Å²) in [7, 11) is 1.49. The highest BCUT2D eigenvalue weighted by atomic mass is 32.1. The highest BCUT2D eigenvalue weighted by Gasteiger charge is 2.24. The van der Waals surface area contributed by atoms with Crippen LogP contribution in [0.1, 0.15) is 47.7 Å². The van der Waals surface area contributed by atoms with Crippen molar-refractivity contribution in [1.82, 2.24) is 20.3 Å². The lowest BCUT2D eigenvalue weighted by atomic mass is 9.88. The van der Waals surface area contributed by atoms with Crippen LogP contribution in [0.4, 0.5) is 0 Å². The number of rotatable bonds is 6. The van der Waals surface area contributed by atoms with Crippen molar-refractivity contribution in [2.24, 2.45) is 5.41 Å². The van der Waals surface area contributed by atoms with Gasteiger partial charge < -0.3 is 15.0 Å². The average Bonchev–Trinajstić information content (AvgIpc) is 3.27. The minimum absolute atomic E-state index is 0.00672. The van der Waals surface area contributed by atoms with Gasteiger partial charge in [0.2, 0.25) is 0 Å². The average molecular weight is 401 g/mol. The van der Waals surface area contributed by atoms with E-state index in [2.05, 4.69) is 41.0 Å². The zero-order valence-corrected chi connectivity index (χ0v) is 17.4. The summed E-state index contributed by atoms with van der Waals surface area (Å²) < 4.78 is 4.90. The molecular weight excluding hydrogens is 376 g/mol. The summed E-state index contributed by atoms with van der Waals surface area (Å²) in [6.45, 7) is 8.24. The van der Waals surface area contributed by atoms with Crippen LogP contribution in [-0.2, 0) is 4.74 Å². The maximum atomic E-state index is 12.7. The normalized spacial score (nSPS) is 12.9. The highest BCUT2D eigenvalue weighted by Crippen LogP contribution is 2.28. The van der Waals surface area contributed by atoms with Crippen LogP contribution in [0.2, 0.25) is 0 Å². The van der Waals surface area contributed by atoms with Gasteiger partial charge in [-0.05, 0) is 24.5 Å². The molecule has 7 nitrogen and oxygen atoms in total. The summed E-state index contributed by atoms with van der Waals surface area (Å²) in [4.78, 5) is 38.1.